The van der Waals surface area contributed by atoms with Gasteiger partial charge in [0.25, 0.3) is 5.91 Å². The Kier molecular flexibility index (Phi) is 7.75. The van der Waals surface area contributed by atoms with Crippen LogP contribution >= 0.6 is 15.9 Å². The molecule has 0 saturated heterocycles. The summed E-state index contributed by atoms with van der Waals surface area (Å²) >= 11 is 3.48. The fourth-order valence-electron chi connectivity index (χ4n) is 2.08. The molecule has 0 aliphatic heterocycles. The van der Waals surface area contributed by atoms with E-state index in [9.17, 15) is 4.79 Å². The molecule has 3 N–H and O–H groups in total. The average molecular weight is 357 g/mol. The van der Waals surface area contributed by atoms with Crippen molar-refractivity contribution in [2.45, 2.75) is 52.2 Å². The summed E-state index contributed by atoms with van der Waals surface area (Å²) in [6.45, 7) is 6.44. The van der Waals surface area contributed by atoms with E-state index in [0.717, 1.165) is 29.3 Å². The lowest BCUT2D eigenvalue weighted by atomic mass is 10.1. The maximum absolute atomic E-state index is 12.2. The van der Waals surface area contributed by atoms with Crippen LogP contribution in [-0.2, 0) is 11.2 Å². The number of halogens is 1. The first-order valence-electron chi connectivity index (χ1n) is 7.47. The van der Waals surface area contributed by atoms with E-state index < -0.39 is 6.10 Å². The minimum atomic E-state index is -0.541. The molecule has 118 valence electrons. The minimum Gasteiger partial charge on any atom is -0.479 e. The second kappa shape index (κ2) is 9.05. The van der Waals surface area contributed by atoms with Crippen molar-refractivity contribution in [2.75, 3.05) is 6.54 Å². The van der Waals surface area contributed by atoms with E-state index in [1.165, 1.54) is 0 Å². The molecule has 1 amide bonds. The second-order valence-corrected chi connectivity index (χ2v) is 5.90. The Morgan fingerprint density at radius 1 is 1.38 bits per heavy atom. The highest BCUT2D eigenvalue weighted by Crippen LogP contribution is 2.30. The van der Waals surface area contributed by atoms with E-state index in [-0.39, 0.29) is 11.9 Å². The van der Waals surface area contributed by atoms with Crippen molar-refractivity contribution >= 4 is 21.8 Å². The lowest BCUT2D eigenvalue weighted by Gasteiger charge is -2.21. The third-order valence-electron chi connectivity index (χ3n) is 3.46. The van der Waals surface area contributed by atoms with Crippen LogP contribution in [0.1, 0.15) is 39.2 Å². The summed E-state index contributed by atoms with van der Waals surface area (Å²) in [5, 5.41) is 3.00. The van der Waals surface area contributed by atoms with E-state index >= 15 is 0 Å². The number of benzene rings is 1. The zero-order valence-electron chi connectivity index (χ0n) is 13.0. The third kappa shape index (κ3) is 5.32. The van der Waals surface area contributed by atoms with Crippen molar-refractivity contribution < 1.29 is 9.53 Å². The molecule has 0 aliphatic carbocycles. The highest BCUT2D eigenvalue weighted by Gasteiger charge is 2.19. The molecule has 5 heteroatoms. The van der Waals surface area contributed by atoms with Crippen molar-refractivity contribution in [1.29, 1.82) is 0 Å². The van der Waals surface area contributed by atoms with Crippen LogP contribution in [0.4, 0.5) is 0 Å². The number of para-hydroxylation sites is 1. The van der Waals surface area contributed by atoms with Gasteiger partial charge >= 0.3 is 0 Å². The Morgan fingerprint density at radius 3 is 2.62 bits per heavy atom. The highest BCUT2D eigenvalue weighted by atomic mass is 79.9. The number of ether oxygens (including phenoxy) is 1. The summed E-state index contributed by atoms with van der Waals surface area (Å²) in [6, 6.07) is 6.02. The SMILES string of the molecule is CCC(CC)NC(=O)C(C)Oc1c(Br)cccc1CCN. The Hall–Kier alpha value is -1.07. The van der Waals surface area contributed by atoms with E-state index in [1.54, 1.807) is 6.92 Å². The van der Waals surface area contributed by atoms with E-state index in [2.05, 4.69) is 35.1 Å². The van der Waals surface area contributed by atoms with Gasteiger partial charge in [-0.1, -0.05) is 26.0 Å². The quantitative estimate of drug-likeness (QED) is 0.752. The monoisotopic (exact) mass is 356 g/mol. The highest BCUT2D eigenvalue weighted by molar-refractivity contribution is 9.10. The third-order valence-corrected chi connectivity index (χ3v) is 4.08. The van der Waals surface area contributed by atoms with Gasteiger partial charge in [0.1, 0.15) is 5.75 Å². The number of carbonyl (C=O) groups is 1. The van der Waals surface area contributed by atoms with Crippen LogP contribution in [0.25, 0.3) is 0 Å². The van der Waals surface area contributed by atoms with Gasteiger partial charge in [0.2, 0.25) is 0 Å². The Morgan fingerprint density at radius 2 is 2.05 bits per heavy atom. The van der Waals surface area contributed by atoms with E-state index in [1.807, 2.05) is 18.2 Å². The maximum atomic E-state index is 12.2. The van der Waals surface area contributed by atoms with Crippen molar-refractivity contribution in [1.82, 2.24) is 5.32 Å². The van der Waals surface area contributed by atoms with Crippen LogP contribution in [0, 0.1) is 0 Å². The number of amides is 1. The number of hydrogen-bond donors (Lipinski definition) is 2. The molecule has 4 nitrogen and oxygen atoms in total. The van der Waals surface area contributed by atoms with Crippen LogP contribution in [0.3, 0.4) is 0 Å². The number of nitrogens with one attached hydrogen (secondary N) is 1. The fourth-order valence-corrected chi connectivity index (χ4v) is 2.58. The van der Waals surface area contributed by atoms with E-state index in [4.69, 9.17) is 10.5 Å². The van der Waals surface area contributed by atoms with E-state index in [0.29, 0.717) is 12.3 Å². The predicted molar refractivity (Wildman–Crippen MR) is 89.5 cm³/mol. The summed E-state index contributed by atoms with van der Waals surface area (Å²) in [7, 11) is 0. The molecular weight excluding hydrogens is 332 g/mol. The van der Waals surface area contributed by atoms with Crippen LogP contribution < -0.4 is 15.8 Å². The van der Waals surface area contributed by atoms with Crippen molar-refractivity contribution in [3.63, 3.8) is 0 Å². The predicted octanol–water partition coefficient (Wildman–Crippen LogP) is 3.02. The molecule has 1 aromatic carbocycles. The molecule has 1 rings (SSSR count). The van der Waals surface area contributed by atoms with Gasteiger partial charge in [0, 0.05) is 6.04 Å². The van der Waals surface area contributed by atoms with Gasteiger partial charge in [-0.2, -0.15) is 0 Å². The molecule has 0 radical (unpaired) electrons. The first-order chi connectivity index (χ1) is 10.0. The molecule has 0 fully saturated rings. The summed E-state index contributed by atoms with van der Waals surface area (Å²) in [6.07, 6.45) is 2.02. The number of rotatable bonds is 8. The molecule has 21 heavy (non-hydrogen) atoms. The summed E-state index contributed by atoms with van der Waals surface area (Å²) in [4.78, 5) is 12.2. The molecule has 0 spiro atoms. The van der Waals surface area contributed by atoms with Gasteiger partial charge in [0.15, 0.2) is 6.10 Å². The minimum absolute atomic E-state index is 0.0850. The summed E-state index contributed by atoms with van der Waals surface area (Å²) < 4.78 is 6.71. The topological polar surface area (TPSA) is 64.3 Å². The average Bonchev–Trinajstić information content (AvgIpc) is 2.48. The lowest BCUT2D eigenvalue weighted by Crippen LogP contribution is -2.42. The smallest absolute Gasteiger partial charge is 0.260 e. The van der Waals surface area contributed by atoms with Gasteiger partial charge in [-0.25, -0.2) is 0 Å². The zero-order chi connectivity index (χ0) is 15.8. The number of carbonyl (C=O) groups excluding carboxylic acids is 1. The molecule has 0 bridgehead atoms. The van der Waals surface area contributed by atoms with Crippen LogP contribution in [-0.4, -0.2) is 24.6 Å². The largest absolute Gasteiger partial charge is 0.479 e. The van der Waals surface area contributed by atoms with Crippen molar-refractivity contribution in [2.24, 2.45) is 5.73 Å². The molecule has 1 atom stereocenters. The standard InChI is InChI=1S/C16H25BrN2O2/c1-4-13(5-2)19-16(20)11(3)21-15-12(9-10-18)7-6-8-14(15)17/h6-8,11,13H,4-5,9-10,18H2,1-3H3,(H,19,20). The molecule has 1 unspecified atom stereocenters. The molecule has 0 heterocycles. The number of nitrogens with two attached hydrogens (primary N) is 1. The van der Waals surface area contributed by atoms with Gasteiger partial charge in [-0.05, 0) is 60.3 Å². The van der Waals surface area contributed by atoms with Gasteiger partial charge < -0.3 is 15.8 Å². The fraction of sp³-hybridized carbons (Fsp3) is 0.562. The Balaban J connectivity index is 2.78. The first kappa shape index (κ1) is 18.0. The van der Waals surface area contributed by atoms with Crippen molar-refractivity contribution in [3.8, 4) is 5.75 Å². The normalized spacial score (nSPS) is 12.3. The van der Waals surface area contributed by atoms with Gasteiger partial charge in [-0.15, -0.1) is 0 Å². The molecular formula is C16H25BrN2O2. The van der Waals surface area contributed by atoms with Gasteiger partial charge in [0.05, 0.1) is 4.47 Å². The van der Waals surface area contributed by atoms with Crippen LogP contribution in [0.5, 0.6) is 5.75 Å². The second-order valence-electron chi connectivity index (χ2n) is 5.05. The Bertz CT molecular complexity index is 462. The molecule has 1 aromatic rings. The number of hydrogen-bond acceptors (Lipinski definition) is 3. The molecule has 0 saturated carbocycles. The zero-order valence-corrected chi connectivity index (χ0v) is 14.6. The van der Waals surface area contributed by atoms with Gasteiger partial charge in [-0.3, -0.25) is 4.79 Å². The molecule has 0 aromatic heterocycles. The first-order valence-corrected chi connectivity index (χ1v) is 8.27. The summed E-state index contributed by atoms with van der Waals surface area (Å²) in [5.41, 5.74) is 6.63. The molecule has 0 aliphatic rings. The lowest BCUT2D eigenvalue weighted by molar-refractivity contribution is -0.128. The van der Waals surface area contributed by atoms with Crippen LogP contribution in [0.15, 0.2) is 22.7 Å². The van der Waals surface area contributed by atoms with Crippen LogP contribution in [0.2, 0.25) is 0 Å². The Labute approximate surface area is 135 Å². The van der Waals surface area contributed by atoms with Crippen molar-refractivity contribution in [3.05, 3.63) is 28.2 Å². The maximum Gasteiger partial charge on any atom is 0.260 e. The summed E-state index contributed by atoms with van der Waals surface area (Å²) in [5.74, 6) is 0.619.